The van der Waals surface area contributed by atoms with E-state index in [0.717, 1.165) is 23.4 Å². The number of alkyl halides is 3. The Labute approximate surface area is 99.5 Å². The number of hydrogen-bond acceptors (Lipinski definition) is 1. The van der Waals surface area contributed by atoms with Crippen LogP contribution in [0.5, 0.6) is 0 Å². The standard InChI is InChI=1S/C10H9F3IN/c1-6(15-2)8-4-3-7(5-9(8)14)10(11,12)13/h3-5H,1-2H3. The average Bonchev–Trinajstić information content (AvgIpc) is 2.15. The van der Waals surface area contributed by atoms with Crippen molar-refractivity contribution in [3.63, 3.8) is 0 Å². The Morgan fingerprint density at radius 2 is 1.93 bits per heavy atom. The highest BCUT2D eigenvalue weighted by Gasteiger charge is 2.30. The first kappa shape index (κ1) is 12.5. The van der Waals surface area contributed by atoms with Gasteiger partial charge in [-0.1, -0.05) is 6.07 Å². The van der Waals surface area contributed by atoms with Gasteiger partial charge in [0.25, 0.3) is 0 Å². The molecule has 0 aliphatic heterocycles. The molecule has 0 bridgehead atoms. The van der Waals surface area contributed by atoms with Crippen molar-refractivity contribution in [2.75, 3.05) is 7.05 Å². The van der Waals surface area contributed by atoms with Crippen molar-refractivity contribution < 1.29 is 13.2 Å². The van der Waals surface area contributed by atoms with Crippen LogP contribution in [0.25, 0.3) is 0 Å². The second kappa shape index (κ2) is 4.51. The lowest BCUT2D eigenvalue weighted by Crippen LogP contribution is -2.07. The second-order valence-electron chi connectivity index (χ2n) is 3.00. The predicted molar refractivity (Wildman–Crippen MR) is 62.3 cm³/mol. The van der Waals surface area contributed by atoms with E-state index in [0.29, 0.717) is 3.57 Å². The van der Waals surface area contributed by atoms with Gasteiger partial charge in [0.15, 0.2) is 0 Å². The molecule has 5 heteroatoms. The zero-order chi connectivity index (χ0) is 11.6. The molecule has 0 unspecified atom stereocenters. The van der Waals surface area contributed by atoms with Crippen molar-refractivity contribution in [3.8, 4) is 0 Å². The van der Waals surface area contributed by atoms with E-state index < -0.39 is 11.7 Å². The fraction of sp³-hybridized carbons (Fsp3) is 0.300. The summed E-state index contributed by atoms with van der Waals surface area (Å²) < 4.78 is 37.6. The normalized spacial score (nSPS) is 13.1. The van der Waals surface area contributed by atoms with E-state index in [2.05, 4.69) is 4.99 Å². The van der Waals surface area contributed by atoms with E-state index >= 15 is 0 Å². The van der Waals surface area contributed by atoms with Crippen LogP contribution in [0, 0.1) is 3.57 Å². The van der Waals surface area contributed by atoms with Crippen LogP contribution in [0.15, 0.2) is 23.2 Å². The zero-order valence-corrected chi connectivity index (χ0v) is 10.3. The minimum Gasteiger partial charge on any atom is -0.293 e. The molecule has 0 spiro atoms. The predicted octanol–water partition coefficient (Wildman–Crippen LogP) is 3.75. The van der Waals surface area contributed by atoms with Gasteiger partial charge in [0.05, 0.1) is 5.56 Å². The summed E-state index contributed by atoms with van der Waals surface area (Å²) in [6, 6.07) is 3.66. The van der Waals surface area contributed by atoms with Gasteiger partial charge in [-0.3, -0.25) is 4.99 Å². The Morgan fingerprint density at radius 3 is 2.33 bits per heavy atom. The SMILES string of the molecule is CN=C(C)c1ccc(C(F)(F)F)cc1I. The van der Waals surface area contributed by atoms with E-state index in [-0.39, 0.29) is 0 Å². The van der Waals surface area contributed by atoms with E-state index in [1.807, 2.05) is 22.6 Å². The van der Waals surface area contributed by atoms with E-state index in [1.54, 1.807) is 14.0 Å². The van der Waals surface area contributed by atoms with Crippen molar-refractivity contribution in [1.29, 1.82) is 0 Å². The Morgan fingerprint density at radius 1 is 1.33 bits per heavy atom. The van der Waals surface area contributed by atoms with Crippen molar-refractivity contribution >= 4 is 28.3 Å². The Kier molecular flexibility index (Phi) is 3.75. The summed E-state index contributed by atoms with van der Waals surface area (Å²) >= 11 is 1.88. The maximum absolute atomic E-state index is 12.3. The topological polar surface area (TPSA) is 12.4 Å². The molecule has 1 rings (SSSR count). The van der Waals surface area contributed by atoms with Gasteiger partial charge >= 0.3 is 6.18 Å². The maximum Gasteiger partial charge on any atom is 0.416 e. The van der Waals surface area contributed by atoms with Crippen molar-refractivity contribution in [1.82, 2.24) is 0 Å². The molecule has 0 saturated heterocycles. The molecule has 82 valence electrons. The van der Waals surface area contributed by atoms with Crippen LogP contribution in [-0.4, -0.2) is 12.8 Å². The molecule has 0 saturated carbocycles. The van der Waals surface area contributed by atoms with Crippen LogP contribution in [-0.2, 0) is 6.18 Å². The monoisotopic (exact) mass is 327 g/mol. The molecular weight excluding hydrogens is 318 g/mol. The van der Waals surface area contributed by atoms with E-state index in [1.165, 1.54) is 6.07 Å². The first-order valence-corrected chi connectivity index (χ1v) is 5.24. The Bertz CT molecular complexity index is 396. The van der Waals surface area contributed by atoms with Gasteiger partial charge in [0, 0.05) is 21.9 Å². The van der Waals surface area contributed by atoms with E-state index in [4.69, 9.17) is 0 Å². The van der Waals surface area contributed by atoms with Gasteiger partial charge in [0.1, 0.15) is 0 Å². The number of hydrogen-bond donors (Lipinski definition) is 0. The highest BCUT2D eigenvalue weighted by Crippen LogP contribution is 2.31. The molecule has 1 nitrogen and oxygen atoms in total. The number of halogens is 4. The van der Waals surface area contributed by atoms with Crippen molar-refractivity contribution in [3.05, 3.63) is 32.9 Å². The van der Waals surface area contributed by atoms with Crippen LogP contribution in [0.3, 0.4) is 0 Å². The Balaban J connectivity index is 3.21. The number of rotatable bonds is 1. The van der Waals surface area contributed by atoms with Crippen molar-refractivity contribution in [2.24, 2.45) is 4.99 Å². The average molecular weight is 327 g/mol. The van der Waals surface area contributed by atoms with Gasteiger partial charge in [-0.25, -0.2) is 0 Å². The smallest absolute Gasteiger partial charge is 0.293 e. The fourth-order valence-electron chi connectivity index (χ4n) is 1.11. The summed E-state index contributed by atoms with van der Waals surface area (Å²) in [6.45, 7) is 1.77. The van der Waals surface area contributed by atoms with Gasteiger partial charge < -0.3 is 0 Å². The molecule has 0 atom stereocenters. The zero-order valence-electron chi connectivity index (χ0n) is 8.19. The van der Waals surface area contributed by atoms with Crippen LogP contribution in [0.2, 0.25) is 0 Å². The van der Waals surface area contributed by atoms with Crippen molar-refractivity contribution in [2.45, 2.75) is 13.1 Å². The molecule has 0 fully saturated rings. The first-order valence-electron chi connectivity index (χ1n) is 4.16. The lowest BCUT2D eigenvalue weighted by Gasteiger charge is -2.09. The molecule has 1 aromatic carbocycles. The number of aliphatic imine (C=N–C) groups is 1. The third kappa shape index (κ3) is 2.93. The molecule has 0 aliphatic rings. The van der Waals surface area contributed by atoms with Crippen LogP contribution >= 0.6 is 22.6 Å². The third-order valence-corrected chi connectivity index (χ3v) is 2.91. The largest absolute Gasteiger partial charge is 0.416 e. The highest BCUT2D eigenvalue weighted by atomic mass is 127. The van der Waals surface area contributed by atoms with Crippen LogP contribution in [0.1, 0.15) is 18.1 Å². The summed E-state index contributed by atoms with van der Waals surface area (Å²) in [5.74, 6) is 0. The first-order chi connectivity index (χ1) is 6.86. The number of benzene rings is 1. The summed E-state index contributed by atoms with van der Waals surface area (Å²) in [4.78, 5) is 3.94. The highest BCUT2D eigenvalue weighted by molar-refractivity contribution is 14.1. The summed E-state index contributed by atoms with van der Waals surface area (Å²) in [5.41, 5.74) is 0.846. The van der Waals surface area contributed by atoms with Gasteiger partial charge in [-0.2, -0.15) is 13.2 Å². The molecule has 0 amide bonds. The molecule has 0 heterocycles. The Hall–Kier alpha value is -0.590. The number of nitrogens with zero attached hydrogens (tertiary/aromatic N) is 1. The van der Waals surface area contributed by atoms with Gasteiger partial charge in [-0.05, 0) is 41.6 Å². The molecule has 0 N–H and O–H groups in total. The molecule has 1 aromatic rings. The second-order valence-corrected chi connectivity index (χ2v) is 4.16. The van der Waals surface area contributed by atoms with E-state index in [9.17, 15) is 13.2 Å². The van der Waals surface area contributed by atoms with Crippen LogP contribution in [0.4, 0.5) is 13.2 Å². The van der Waals surface area contributed by atoms with Gasteiger partial charge in [0.2, 0.25) is 0 Å². The quantitative estimate of drug-likeness (QED) is 0.550. The van der Waals surface area contributed by atoms with Gasteiger partial charge in [-0.15, -0.1) is 0 Å². The maximum atomic E-state index is 12.3. The lowest BCUT2D eigenvalue weighted by molar-refractivity contribution is -0.137. The minimum absolute atomic E-state index is 0.561. The van der Waals surface area contributed by atoms with Crippen LogP contribution < -0.4 is 0 Å². The molecule has 0 radical (unpaired) electrons. The molecule has 15 heavy (non-hydrogen) atoms. The molecule has 0 aromatic heterocycles. The molecular formula is C10H9F3IN. The fourth-order valence-corrected chi connectivity index (χ4v) is 2.01. The lowest BCUT2D eigenvalue weighted by atomic mass is 10.1. The third-order valence-electron chi connectivity index (χ3n) is 2.02. The molecule has 0 aliphatic carbocycles. The summed E-state index contributed by atoms with van der Waals surface area (Å²) in [6.07, 6.45) is -4.28. The summed E-state index contributed by atoms with van der Waals surface area (Å²) in [5, 5.41) is 0. The minimum atomic E-state index is -4.28. The summed E-state index contributed by atoms with van der Waals surface area (Å²) in [7, 11) is 1.61.